The zero-order chi connectivity index (χ0) is 26.6. The van der Waals surface area contributed by atoms with Crippen molar-refractivity contribution in [1.29, 1.82) is 0 Å². The third-order valence-electron chi connectivity index (χ3n) is 5.05. The highest BCUT2D eigenvalue weighted by molar-refractivity contribution is 6.02. The number of carbonyl (C=O) groups excluding carboxylic acids is 2. The molecule has 0 fully saturated rings. The van der Waals surface area contributed by atoms with Crippen LogP contribution in [0.3, 0.4) is 0 Å². The molecule has 0 saturated carbocycles. The first-order valence-corrected chi connectivity index (χ1v) is 10.2. The van der Waals surface area contributed by atoms with Gasteiger partial charge in [0.15, 0.2) is 0 Å². The number of para-hydroxylation sites is 1. The van der Waals surface area contributed by atoms with Gasteiger partial charge in [-0.1, -0.05) is 48.4 Å². The lowest BCUT2D eigenvalue weighted by Gasteiger charge is -2.27. The molecule has 2 aromatic carbocycles. The Morgan fingerprint density at radius 1 is 1.29 bits per heavy atom. The lowest BCUT2D eigenvalue weighted by Crippen LogP contribution is -2.53. The molecule has 2 N–H and O–H groups in total. The van der Waals surface area contributed by atoms with E-state index in [-0.39, 0.29) is 37.1 Å². The zero-order valence-corrected chi connectivity index (χ0v) is 17.2. The van der Waals surface area contributed by atoms with Gasteiger partial charge in [0, 0.05) is 5.69 Å². The number of carbonyl (C=O) groups is 3. The number of hydrogen-bond acceptors (Lipinski definition) is 5. The van der Waals surface area contributed by atoms with Gasteiger partial charge in [-0.2, -0.15) is 0 Å². The van der Waals surface area contributed by atoms with E-state index in [0.29, 0.717) is 18.5 Å². The van der Waals surface area contributed by atoms with Gasteiger partial charge >= 0.3 is 11.9 Å². The third kappa shape index (κ3) is 5.92. The molecule has 164 valence electrons. The topological polar surface area (TPSA) is 95.9 Å². The lowest BCUT2D eigenvalue weighted by molar-refractivity contribution is -0.146. The molecule has 0 radical (unpaired) electrons. The van der Waals surface area contributed by atoms with E-state index >= 15 is 0 Å². The molecule has 0 aliphatic carbocycles. The molecule has 1 aliphatic rings. The summed E-state index contributed by atoms with van der Waals surface area (Å²) < 4.78 is 44.9. The highest BCUT2D eigenvalue weighted by Crippen LogP contribution is 2.27. The smallest absolute Gasteiger partial charge is 0.323 e. The van der Waals surface area contributed by atoms with Crippen LogP contribution in [0, 0.1) is 0 Å². The van der Waals surface area contributed by atoms with Gasteiger partial charge in [0.1, 0.15) is 12.6 Å². The highest BCUT2D eigenvalue weighted by Gasteiger charge is 2.34. The molecule has 2 aromatic rings. The predicted molar refractivity (Wildman–Crippen MR) is 117 cm³/mol. The molecule has 31 heavy (non-hydrogen) atoms. The van der Waals surface area contributed by atoms with Crippen molar-refractivity contribution in [3.8, 4) is 0 Å². The van der Waals surface area contributed by atoms with Crippen LogP contribution in [0.25, 0.3) is 0 Å². The van der Waals surface area contributed by atoms with Gasteiger partial charge in [0.05, 0.1) is 19.5 Å². The van der Waals surface area contributed by atoms with E-state index in [2.05, 4.69) is 5.32 Å². The molecule has 7 nitrogen and oxygen atoms in total. The Labute approximate surface area is 189 Å². The minimum atomic E-state index is -1.18. The molecule has 0 saturated heterocycles. The van der Waals surface area contributed by atoms with Crippen LogP contribution in [0.2, 0.25) is 0 Å². The van der Waals surface area contributed by atoms with E-state index in [0.717, 1.165) is 5.56 Å². The maximum atomic E-state index is 13.4. The molecule has 2 atom stereocenters. The van der Waals surface area contributed by atoms with Crippen LogP contribution < -0.4 is 10.2 Å². The second-order valence-electron chi connectivity index (χ2n) is 7.15. The van der Waals surface area contributed by atoms with Crippen molar-refractivity contribution in [3.05, 3.63) is 65.6 Å². The number of nitrogens with zero attached hydrogens (tertiary/aromatic N) is 1. The maximum absolute atomic E-state index is 13.4. The van der Waals surface area contributed by atoms with Crippen LogP contribution in [0.4, 0.5) is 5.69 Å². The molecule has 0 spiro atoms. The Morgan fingerprint density at radius 3 is 2.74 bits per heavy atom. The number of nitrogens with one attached hydrogen (secondary N) is 1. The summed E-state index contributed by atoms with van der Waals surface area (Å²) >= 11 is 0. The average molecular weight is 430 g/mol. The molecular formula is C24H28N2O5. The van der Waals surface area contributed by atoms with Gasteiger partial charge in [-0.3, -0.25) is 24.6 Å². The number of esters is 1. The van der Waals surface area contributed by atoms with Gasteiger partial charge in [0.2, 0.25) is 5.91 Å². The van der Waals surface area contributed by atoms with Crippen LogP contribution in [0.1, 0.15) is 37.7 Å². The van der Waals surface area contributed by atoms with Crippen molar-refractivity contribution < 1.29 is 31.1 Å². The minimum Gasteiger partial charge on any atom is -0.480 e. The van der Waals surface area contributed by atoms with Crippen molar-refractivity contribution >= 4 is 23.5 Å². The molecule has 7 heteroatoms. The summed E-state index contributed by atoms with van der Waals surface area (Å²) in [6.45, 7) is 1.17. The monoisotopic (exact) mass is 429 g/mol. The van der Waals surface area contributed by atoms with Crippen molar-refractivity contribution in [2.45, 2.75) is 44.7 Å². The summed E-state index contributed by atoms with van der Waals surface area (Å²) in [7, 11) is 0. The lowest BCUT2D eigenvalue weighted by atomic mass is 10.0. The van der Waals surface area contributed by atoms with Crippen LogP contribution in [-0.4, -0.2) is 48.2 Å². The summed E-state index contributed by atoms with van der Waals surface area (Å²) in [5.41, 5.74) is 1.37. The number of carboxylic acid groups (broad SMARTS) is 1. The Hall–Kier alpha value is -3.19. The third-order valence-corrected chi connectivity index (χ3v) is 5.05. The molecule has 3 rings (SSSR count). The van der Waals surface area contributed by atoms with Crippen LogP contribution in [0.15, 0.2) is 54.5 Å². The summed E-state index contributed by atoms with van der Waals surface area (Å²) in [6, 6.07) is 2.97. The SMILES string of the molecule is [2H]c1c([2H])c([2H])c(CC[C@@H](N[C@H]2CCc3ccccc3N(CC(=O)O)C2=O)C(=O)OCC)c([2H])c1[2H]. The fraction of sp³-hybridized carbons (Fsp3) is 0.375. The van der Waals surface area contributed by atoms with E-state index in [1.165, 1.54) is 4.90 Å². The average Bonchev–Trinajstić information content (AvgIpc) is 2.97. The van der Waals surface area contributed by atoms with Crippen LogP contribution in [-0.2, 0) is 32.0 Å². The molecule has 1 aliphatic heterocycles. The van der Waals surface area contributed by atoms with E-state index < -0.39 is 54.6 Å². The van der Waals surface area contributed by atoms with E-state index in [4.69, 9.17) is 11.6 Å². The molecule has 1 amide bonds. The minimum absolute atomic E-state index is 0.00246. The summed E-state index contributed by atoms with van der Waals surface area (Å²) in [6.07, 6.45) is 0.736. The number of aryl methyl sites for hydroxylation is 1. The van der Waals surface area contributed by atoms with Gasteiger partial charge in [-0.25, -0.2) is 0 Å². The quantitative estimate of drug-likeness (QED) is 0.595. The van der Waals surface area contributed by atoms with Gasteiger partial charge in [0.25, 0.3) is 0 Å². The second-order valence-corrected chi connectivity index (χ2v) is 7.15. The standard InChI is InChI=1S/C24H28N2O5/c1-2-31-24(30)20(14-12-17-8-4-3-5-9-17)25-19-15-13-18-10-6-7-11-21(18)26(23(19)29)16-22(27)28/h3-11,19-20,25H,2,12-16H2,1H3,(H,27,28)/t19-,20+/m0/s1/i3D,4D,5D,8D,9D. The largest absolute Gasteiger partial charge is 0.480 e. The molecule has 0 bridgehead atoms. The van der Waals surface area contributed by atoms with Gasteiger partial charge < -0.3 is 9.84 Å². The number of carboxylic acids is 1. The van der Waals surface area contributed by atoms with Crippen LogP contribution >= 0.6 is 0 Å². The summed E-state index contributed by atoms with van der Waals surface area (Å²) in [5.74, 6) is -2.33. The van der Waals surface area contributed by atoms with Crippen molar-refractivity contribution in [2.24, 2.45) is 0 Å². The van der Waals surface area contributed by atoms with Crippen molar-refractivity contribution in [3.63, 3.8) is 0 Å². The Morgan fingerprint density at radius 2 is 2.03 bits per heavy atom. The summed E-state index contributed by atoms with van der Waals surface area (Å²) in [4.78, 5) is 38.8. The zero-order valence-electron chi connectivity index (χ0n) is 22.2. The van der Waals surface area contributed by atoms with Crippen molar-refractivity contribution in [2.75, 3.05) is 18.1 Å². The first-order chi connectivity index (χ1) is 17.1. The van der Waals surface area contributed by atoms with Crippen molar-refractivity contribution in [1.82, 2.24) is 5.32 Å². The number of fused-ring (bicyclic) bond motifs is 1. The molecule has 0 aromatic heterocycles. The fourth-order valence-electron chi connectivity index (χ4n) is 3.61. The molecular weight excluding hydrogens is 396 g/mol. The van der Waals surface area contributed by atoms with Gasteiger partial charge in [-0.15, -0.1) is 0 Å². The number of amides is 1. The first-order valence-electron chi connectivity index (χ1n) is 12.7. The molecule has 0 unspecified atom stereocenters. The van der Waals surface area contributed by atoms with Gasteiger partial charge in [-0.05, 0) is 49.8 Å². The number of ether oxygens (including phenoxy) is 1. The maximum Gasteiger partial charge on any atom is 0.323 e. The van der Waals surface area contributed by atoms with Crippen LogP contribution in [0.5, 0.6) is 0 Å². The number of anilines is 1. The summed E-state index contributed by atoms with van der Waals surface area (Å²) in [5, 5.41) is 12.4. The normalized spacial score (nSPS) is 19.1. The molecule has 1 heterocycles. The highest BCUT2D eigenvalue weighted by atomic mass is 16.5. The second kappa shape index (κ2) is 10.7. The number of rotatable bonds is 9. The van der Waals surface area contributed by atoms with E-state index in [9.17, 15) is 19.5 Å². The number of hydrogen-bond donors (Lipinski definition) is 2. The van der Waals surface area contributed by atoms with E-state index in [1.807, 2.05) is 6.07 Å². The number of aliphatic carboxylic acids is 1. The first kappa shape index (κ1) is 16.5. The Kier molecular flexibility index (Phi) is 5.71. The Balaban J connectivity index is 1.87. The predicted octanol–water partition coefficient (Wildman–Crippen LogP) is 2.57. The van der Waals surface area contributed by atoms with E-state index in [1.54, 1.807) is 25.1 Å². The Bertz CT molecular complexity index is 1150. The number of benzene rings is 2. The fourth-order valence-corrected chi connectivity index (χ4v) is 3.61.